The lowest BCUT2D eigenvalue weighted by Crippen LogP contribution is -2.45. The van der Waals surface area contributed by atoms with Crippen LogP contribution in [0.2, 0.25) is 5.02 Å². The van der Waals surface area contributed by atoms with Gasteiger partial charge in [-0.1, -0.05) is 43.0 Å². The number of amides is 1. The zero-order valence-corrected chi connectivity index (χ0v) is 17.0. The van der Waals surface area contributed by atoms with Gasteiger partial charge in [0.05, 0.1) is 6.54 Å². The number of nitrogens with zero attached hydrogens (tertiary/aromatic N) is 2. The largest absolute Gasteiger partial charge is 0.357 e. The predicted molar refractivity (Wildman–Crippen MR) is 111 cm³/mol. The van der Waals surface area contributed by atoms with E-state index < -0.39 is 0 Å². The number of carbonyl (C=O) groups is 1. The molecule has 2 fully saturated rings. The van der Waals surface area contributed by atoms with Crippen LogP contribution in [0.4, 0.5) is 0 Å². The van der Waals surface area contributed by atoms with Gasteiger partial charge in [-0.2, -0.15) is 0 Å². The van der Waals surface area contributed by atoms with Gasteiger partial charge in [0.2, 0.25) is 5.91 Å². The topological polar surface area (TPSA) is 56.7 Å². The van der Waals surface area contributed by atoms with Crippen LogP contribution in [0.15, 0.2) is 29.3 Å². The van der Waals surface area contributed by atoms with Crippen molar-refractivity contribution in [1.82, 2.24) is 15.5 Å². The van der Waals surface area contributed by atoms with Gasteiger partial charge in [-0.15, -0.1) is 0 Å². The van der Waals surface area contributed by atoms with Crippen molar-refractivity contribution in [3.05, 3.63) is 34.9 Å². The molecule has 1 atom stereocenters. The number of guanidine groups is 1. The van der Waals surface area contributed by atoms with Crippen molar-refractivity contribution in [1.29, 1.82) is 0 Å². The van der Waals surface area contributed by atoms with Crippen LogP contribution in [0, 0.1) is 5.92 Å². The highest BCUT2D eigenvalue weighted by molar-refractivity contribution is 6.30. The molecule has 1 saturated carbocycles. The van der Waals surface area contributed by atoms with E-state index in [0.29, 0.717) is 12.5 Å². The first-order valence-electron chi connectivity index (χ1n) is 10.2. The summed E-state index contributed by atoms with van der Waals surface area (Å²) < 4.78 is 0. The standard InChI is InChI=1S/C21H31ClN4O/c1-2-23-21(24-14-16-7-6-10-18(22)13-16)25-19-11-12-26(15-19)20(27)17-8-4-3-5-9-17/h6-7,10,13,17,19H,2-5,8-9,11-12,14-15H2,1H3,(H2,23,24,25). The van der Waals surface area contributed by atoms with Gasteiger partial charge < -0.3 is 15.5 Å². The van der Waals surface area contributed by atoms with Gasteiger partial charge in [-0.3, -0.25) is 4.79 Å². The summed E-state index contributed by atoms with van der Waals surface area (Å²) in [5, 5.41) is 7.54. The van der Waals surface area contributed by atoms with Crippen molar-refractivity contribution in [3.8, 4) is 0 Å². The van der Waals surface area contributed by atoms with E-state index in [1.54, 1.807) is 0 Å². The molecule has 1 aliphatic carbocycles. The van der Waals surface area contributed by atoms with Crippen LogP contribution in [0.1, 0.15) is 51.0 Å². The van der Waals surface area contributed by atoms with E-state index in [1.165, 1.54) is 19.3 Å². The Morgan fingerprint density at radius 3 is 2.81 bits per heavy atom. The van der Waals surface area contributed by atoms with Crippen molar-refractivity contribution in [2.75, 3.05) is 19.6 Å². The molecule has 0 aromatic heterocycles. The summed E-state index contributed by atoms with van der Waals surface area (Å²) in [4.78, 5) is 19.5. The molecule has 1 aliphatic heterocycles. The first-order valence-corrected chi connectivity index (χ1v) is 10.6. The second-order valence-corrected chi connectivity index (χ2v) is 8.01. The molecule has 2 N–H and O–H groups in total. The van der Waals surface area contributed by atoms with Gasteiger partial charge in [0.15, 0.2) is 5.96 Å². The maximum Gasteiger partial charge on any atom is 0.225 e. The summed E-state index contributed by atoms with van der Waals surface area (Å²) >= 11 is 6.05. The van der Waals surface area contributed by atoms with E-state index >= 15 is 0 Å². The quantitative estimate of drug-likeness (QED) is 0.596. The molecule has 1 unspecified atom stereocenters. The van der Waals surface area contributed by atoms with Crippen LogP contribution < -0.4 is 10.6 Å². The number of halogens is 1. The molecule has 6 heteroatoms. The molecule has 0 spiro atoms. The zero-order valence-electron chi connectivity index (χ0n) is 16.2. The molecule has 0 radical (unpaired) electrons. The summed E-state index contributed by atoms with van der Waals surface area (Å²) in [6, 6.07) is 8.04. The maximum absolute atomic E-state index is 12.7. The Morgan fingerprint density at radius 1 is 1.26 bits per heavy atom. The summed E-state index contributed by atoms with van der Waals surface area (Å²) in [7, 11) is 0. The molecule has 1 saturated heterocycles. The minimum atomic E-state index is 0.252. The van der Waals surface area contributed by atoms with Gasteiger partial charge >= 0.3 is 0 Å². The van der Waals surface area contributed by atoms with E-state index in [9.17, 15) is 4.79 Å². The number of benzene rings is 1. The number of likely N-dealkylation sites (tertiary alicyclic amines) is 1. The molecule has 148 valence electrons. The van der Waals surface area contributed by atoms with Gasteiger partial charge in [-0.25, -0.2) is 4.99 Å². The molecule has 1 aromatic carbocycles. The van der Waals surface area contributed by atoms with E-state index in [1.807, 2.05) is 29.2 Å². The SMILES string of the molecule is CCNC(=NCc1cccc(Cl)c1)NC1CCN(C(=O)C2CCCCC2)C1. The molecule has 5 nitrogen and oxygen atoms in total. The fourth-order valence-electron chi connectivity index (χ4n) is 4.01. The highest BCUT2D eigenvalue weighted by atomic mass is 35.5. The number of rotatable bonds is 5. The molecule has 1 aromatic rings. The van der Waals surface area contributed by atoms with Crippen LogP contribution in [-0.4, -0.2) is 42.4 Å². The molecule has 1 amide bonds. The molecule has 2 aliphatic rings. The first kappa shape index (κ1) is 20.0. The molecule has 3 rings (SSSR count). The fraction of sp³-hybridized carbons (Fsp3) is 0.619. The lowest BCUT2D eigenvalue weighted by molar-refractivity contribution is -0.135. The number of aliphatic imine (C=N–C) groups is 1. The van der Waals surface area contributed by atoms with Gasteiger partial charge in [-0.05, 0) is 43.9 Å². The number of carbonyl (C=O) groups excluding carboxylic acids is 1. The Labute approximate surface area is 167 Å². The minimum absolute atomic E-state index is 0.252. The van der Waals surface area contributed by atoms with Crippen LogP contribution >= 0.6 is 11.6 Å². The average molecular weight is 391 g/mol. The van der Waals surface area contributed by atoms with Crippen LogP contribution in [0.25, 0.3) is 0 Å². The van der Waals surface area contributed by atoms with E-state index in [-0.39, 0.29) is 12.0 Å². The summed E-state index contributed by atoms with van der Waals surface area (Å²) in [6.07, 6.45) is 6.79. The van der Waals surface area contributed by atoms with Gasteiger partial charge in [0.25, 0.3) is 0 Å². The van der Waals surface area contributed by atoms with E-state index in [0.717, 1.165) is 55.4 Å². The molecule has 1 heterocycles. The van der Waals surface area contributed by atoms with Crippen LogP contribution in [0.3, 0.4) is 0 Å². The molecule has 27 heavy (non-hydrogen) atoms. The minimum Gasteiger partial charge on any atom is -0.357 e. The summed E-state index contributed by atoms with van der Waals surface area (Å²) in [5.41, 5.74) is 1.08. The number of nitrogens with one attached hydrogen (secondary N) is 2. The zero-order chi connectivity index (χ0) is 19.1. The lowest BCUT2D eigenvalue weighted by atomic mass is 9.88. The maximum atomic E-state index is 12.7. The van der Waals surface area contributed by atoms with Crippen molar-refractivity contribution in [2.24, 2.45) is 10.9 Å². The molecular weight excluding hydrogens is 360 g/mol. The average Bonchev–Trinajstić information content (AvgIpc) is 3.15. The Bertz CT molecular complexity index is 657. The monoisotopic (exact) mass is 390 g/mol. The predicted octanol–water partition coefficient (Wildman–Crippen LogP) is 3.58. The van der Waals surface area contributed by atoms with Crippen molar-refractivity contribution in [3.63, 3.8) is 0 Å². The number of hydrogen-bond acceptors (Lipinski definition) is 2. The summed E-state index contributed by atoms with van der Waals surface area (Å²) in [5.74, 6) is 1.41. The smallest absolute Gasteiger partial charge is 0.225 e. The highest BCUT2D eigenvalue weighted by Gasteiger charge is 2.31. The van der Waals surface area contributed by atoms with Crippen molar-refractivity contribution < 1.29 is 4.79 Å². The second-order valence-electron chi connectivity index (χ2n) is 7.57. The van der Waals surface area contributed by atoms with Crippen molar-refractivity contribution >= 4 is 23.5 Å². The third kappa shape index (κ3) is 5.86. The van der Waals surface area contributed by atoms with Crippen LogP contribution in [-0.2, 0) is 11.3 Å². The second kappa shape index (κ2) is 9.98. The van der Waals surface area contributed by atoms with Crippen molar-refractivity contribution in [2.45, 2.75) is 58.0 Å². The Balaban J connectivity index is 1.53. The lowest BCUT2D eigenvalue weighted by Gasteiger charge is -2.26. The molecular formula is C21H31ClN4O. The van der Waals surface area contributed by atoms with E-state index in [4.69, 9.17) is 11.6 Å². The summed E-state index contributed by atoms with van der Waals surface area (Å²) in [6.45, 7) is 5.06. The number of hydrogen-bond donors (Lipinski definition) is 2. The van der Waals surface area contributed by atoms with E-state index in [2.05, 4.69) is 22.5 Å². The highest BCUT2D eigenvalue weighted by Crippen LogP contribution is 2.26. The fourth-order valence-corrected chi connectivity index (χ4v) is 4.22. The van der Waals surface area contributed by atoms with Gasteiger partial charge in [0, 0.05) is 36.6 Å². The third-order valence-corrected chi connectivity index (χ3v) is 5.68. The van der Waals surface area contributed by atoms with Gasteiger partial charge in [0.1, 0.15) is 0 Å². The normalized spacial score (nSPS) is 21.3. The Hall–Kier alpha value is -1.75. The Morgan fingerprint density at radius 2 is 2.07 bits per heavy atom. The third-order valence-electron chi connectivity index (χ3n) is 5.45. The Kier molecular flexibility index (Phi) is 7.39. The first-order chi connectivity index (χ1) is 13.2. The molecule has 0 bridgehead atoms. The van der Waals surface area contributed by atoms with Crippen LogP contribution in [0.5, 0.6) is 0 Å².